The number of aromatic nitrogens is 5. The van der Waals surface area contributed by atoms with E-state index in [1.54, 1.807) is 28.7 Å². The molecule has 14 nitrogen and oxygen atoms in total. The second kappa shape index (κ2) is 18.5. The Balaban J connectivity index is 1.66. The molecule has 5 rings (SSSR count). The van der Waals surface area contributed by atoms with Crippen molar-refractivity contribution in [2.75, 3.05) is 64.8 Å². The zero-order valence-corrected chi connectivity index (χ0v) is 37.1. The van der Waals surface area contributed by atoms with Gasteiger partial charge in [-0.2, -0.15) is 14.7 Å². The number of hydrogen-bond acceptors (Lipinski definition) is 12. The summed E-state index contributed by atoms with van der Waals surface area (Å²) in [5.41, 5.74) is 1.98. The number of Topliss-reactive ketones (excluding diaryl/α,β-unsaturated/α-hetero) is 1. The maximum Gasteiger partial charge on any atom is 0.189 e. The van der Waals surface area contributed by atoms with Crippen LogP contribution in [0, 0.1) is 0 Å². The molecule has 0 aliphatic heterocycles. The van der Waals surface area contributed by atoms with E-state index >= 15 is 0 Å². The topological polar surface area (TPSA) is 160 Å². The first-order valence-corrected chi connectivity index (χ1v) is 28.7. The summed E-state index contributed by atoms with van der Waals surface area (Å²) in [7, 11) is -5.24. The van der Waals surface area contributed by atoms with Crippen molar-refractivity contribution in [3.8, 4) is 16.8 Å². The van der Waals surface area contributed by atoms with Gasteiger partial charge in [0, 0.05) is 66.0 Å². The largest absolute Gasteiger partial charge is 0.388 e. The number of carbonyl (C=O) groups is 1. The molecule has 4 aromatic rings. The fourth-order valence-electron chi connectivity index (χ4n) is 6.87. The number of fused-ring (bicyclic) bond motifs is 1. The van der Waals surface area contributed by atoms with Gasteiger partial charge in [0.05, 0.1) is 37.0 Å². The minimum atomic E-state index is -3.95. The lowest BCUT2D eigenvalue weighted by Gasteiger charge is -2.39. The van der Waals surface area contributed by atoms with Crippen molar-refractivity contribution in [3.05, 3.63) is 54.6 Å². The lowest BCUT2D eigenvalue weighted by atomic mass is 9.75. The van der Waals surface area contributed by atoms with E-state index in [1.165, 1.54) is 6.26 Å². The van der Waals surface area contributed by atoms with Gasteiger partial charge in [0.1, 0.15) is 30.6 Å². The number of nitrogens with zero attached hydrogens (tertiary/aromatic N) is 6. The van der Waals surface area contributed by atoms with E-state index in [0.717, 1.165) is 23.3 Å². The third-order valence-corrected chi connectivity index (χ3v) is 14.7. The monoisotopic (exact) mass is 828 g/mol. The summed E-state index contributed by atoms with van der Waals surface area (Å²) in [5.74, 6) is -0.439. The number of benzene rings is 1. The molecule has 3 aromatic heterocycles. The van der Waals surface area contributed by atoms with Crippen LogP contribution in [0.3, 0.4) is 0 Å². The van der Waals surface area contributed by atoms with Gasteiger partial charge in [-0.15, -0.1) is 0 Å². The van der Waals surface area contributed by atoms with Crippen LogP contribution in [0.4, 0.5) is 5.82 Å². The van der Waals surface area contributed by atoms with E-state index in [-0.39, 0.29) is 43.7 Å². The summed E-state index contributed by atoms with van der Waals surface area (Å²) in [5, 5.41) is 19.3. The van der Waals surface area contributed by atoms with Crippen molar-refractivity contribution in [1.29, 1.82) is 0 Å². The van der Waals surface area contributed by atoms with Crippen LogP contribution in [0.15, 0.2) is 53.8 Å². The number of ketones is 1. The summed E-state index contributed by atoms with van der Waals surface area (Å²) in [4.78, 5) is 20.2. The van der Waals surface area contributed by atoms with E-state index in [0.29, 0.717) is 55.4 Å². The average Bonchev–Trinajstić information content (AvgIpc) is 3.80. The molecule has 17 heteroatoms. The number of rotatable bonds is 21. The molecule has 0 unspecified atom stereocenters. The zero-order valence-electron chi connectivity index (χ0n) is 34.3. The van der Waals surface area contributed by atoms with Gasteiger partial charge in [-0.3, -0.25) is 4.79 Å². The summed E-state index contributed by atoms with van der Waals surface area (Å²) >= 11 is 0. The SMILES string of the molecule is COCCOC1(C(=O)CO)CCC(c2nc3c(-c4cnn(-c5ccccc5)c4)cnn3c(N(COCC[Si](C)(C)C)COCC[Si](C)(C)C)c2S(C)(=O)=O)CC1. The van der Waals surface area contributed by atoms with Crippen molar-refractivity contribution < 1.29 is 37.3 Å². The van der Waals surface area contributed by atoms with Crippen LogP contribution in [-0.2, 0) is 33.6 Å². The number of hydrogen-bond donors (Lipinski definition) is 1. The highest BCUT2D eigenvalue weighted by Gasteiger charge is 2.44. The van der Waals surface area contributed by atoms with Crippen molar-refractivity contribution in [2.45, 2.75) is 93.5 Å². The Morgan fingerprint density at radius 3 is 2.11 bits per heavy atom. The Morgan fingerprint density at radius 2 is 1.55 bits per heavy atom. The molecule has 1 aliphatic rings. The van der Waals surface area contributed by atoms with Gasteiger partial charge in [0.2, 0.25) is 0 Å². The van der Waals surface area contributed by atoms with Crippen LogP contribution in [0.2, 0.25) is 51.4 Å². The Kier molecular flexibility index (Phi) is 14.5. The first-order valence-electron chi connectivity index (χ1n) is 19.4. The number of ether oxygens (including phenoxy) is 4. The molecule has 0 radical (unpaired) electrons. The number of para-hydroxylation sites is 1. The van der Waals surface area contributed by atoms with Gasteiger partial charge in [0.15, 0.2) is 27.1 Å². The number of aliphatic hydroxyl groups is 1. The molecule has 0 saturated heterocycles. The van der Waals surface area contributed by atoms with Crippen LogP contribution in [-0.4, -0.2) is 125 Å². The lowest BCUT2D eigenvalue weighted by Crippen LogP contribution is -2.47. The smallest absolute Gasteiger partial charge is 0.189 e. The Hall–Kier alpha value is -3.30. The van der Waals surface area contributed by atoms with Gasteiger partial charge in [-0.25, -0.2) is 18.1 Å². The quantitative estimate of drug-likeness (QED) is 0.0591. The van der Waals surface area contributed by atoms with E-state index in [9.17, 15) is 18.3 Å². The highest BCUT2D eigenvalue weighted by atomic mass is 32.2. The molecular formula is C39H60N6O8SSi2. The molecule has 1 saturated carbocycles. The molecule has 0 spiro atoms. The van der Waals surface area contributed by atoms with Gasteiger partial charge in [-0.05, 0) is 49.9 Å². The fourth-order valence-corrected chi connectivity index (χ4v) is 9.52. The number of carbonyl (C=O) groups excluding carboxylic acids is 1. The third-order valence-electron chi connectivity index (χ3n) is 10.2. The maximum absolute atomic E-state index is 14.2. The standard InChI is InChI=1S/C39H60N6O8SSi2/c1-50-18-19-53-39(34(47)27-46)16-14-30(15-17-39)35-36(54(2,48)49)38(43(28-51-20-22-55(3,4)5)29-52-21-23-56(6,7)8)45-37(42-35)33(25-41-45)31-24-40-44(26-31)32-12-10-9-11-13-32/h9-13,24-26,30,46H,14-23,27-29H2,1-8H3. The van der Waals surface area contributed by atoms with Gasteiger partial charge in [0.25, 0.3) is 0 Å². The van der Waals surface area contributed by atoms with Crippen molar-refractivity contribution in [2.24, 2.45) is 0 Å². The van der Waals surface area contributed by atoms with Crippen LogP contribution < -0.4 is 4.90 Å². The predicted octanol–water partition coefficient (Wildman–Crippen LogP) is 6.04. The molecule has 1 aliphatic carbocycles. The van der Waals surface area contributed by atoms with Crippen LogP contribution in [0.1, 0.15) is 37.3 Å². The van der Waals surface area contributed by atoms with E-state index in [1.807, 2.05) is 41.4 Å². The van der Waals surface area contributed by atoms with E-state index in [2.05, 4.69) is 44.4 Å². The number of methoxy groups -OCH3 is 1. The number of anilines is 1. The minimum Gasteiger partial charge on any atom is -0.388 e. The minimum absolute atomic E-state index is 0.0495. The Labute approximate surface area is 333 Å². The maximum atomic E-state index is 14.2. The second-order valence-electron chi connectivity index (χ2n) is 17.2. The average molecular weight is 829 g/mol. The Morgan fingerprint density at radius 1 is 0.929 bits per heavy atom. The molecule has 1 fully saturated rings. The summed E-state index contributed by atoms with van der Waals surface area (Å²) in [6.45, 7) is 14.7. The van der Waals surface area contributed by atoms with Crippen LogP contribution in [0.5, 0.6) is 0 Å². The molecule has 56 heavy (non-hydrogen) atoms. The highest BCUT2D eigenvalue weighted by molar-refractivity contribution is 7.91. The zero-order chi connectivity index (χ0) is 40.7. The molecular weight excluding hydrogens is 769 g/mol. The molecule has 3 heterocycles. The Bertz CT molecular complexity index is 2000. The van der Waals surface area contributed by atoms with Crippen LogP contribution >= 0.6 is 0 Å². The summed E-state index contributed by atoms with van der Waals surface area (Å²) < 4.78 is 55.6. The lowest BCUT2D eigenvalue weighted by molar-refractivity contribution is -0.155. The fraction of sp³-hybridized carbons (Fsp3) is 0.590. The molecule has 1 aromatic carbocycles. The molecule has 1 N–H and O–H groups in total. The van der Waals surface area contributed by atoms with Crippen LogP contribution in [0.25, 0.3) is 22.5 Å². The highest BCUT2D eigenvalue weighted by Crippen LogP contribution is 2.44. The van der Waals surface area contributed by atoms with Gasteiger partial charge < -0.3 is 29.0 Å². The summed E-state index contributed by atoms with van der Waals surface area (Å²) in [6.07, 6.45) is 7.91. The normalized spacial score (nSPS) is 18.1. The van der Waals surface area contributed by atoms with Gasteiger partial charge >= 0.3 is 0 Å². The van der Waals surface area contributed by atoms with Gasteiger partial charge in [-0.1, -0.05) is 57.5 Å². The van der Waals surface area contributed by atoms with Crippen molar-refractivity contribution in [3.63, 3.8) is 0 Å². The number of aliphatic hydroxyl groups excluding tert-OH is 1. The van der Waals surface area contributed by atoms with E-state index in [4.69, 9.17) is 29.0 Å². The van der Waals surface area contributed by atoms with E-state index < -0.39 is 44.0 Å². The molecule has 0 bridgehead atoms. The molecule has 0 amide bonds. The third kappa shape index (κ3) is 11.0. The molecule has 308 valence electrons. The molecule has 0 atom stereocenters. The first kappa shape index (κ1) is 43.8. The first-order chi connectivity index (χ1) is 26.5. The number of sulfone groups is 1. The predicted molar refractivity (Wildman–Crippen MR) is 223 cm³/mol. The second-order valence-corrected chi connectivity index (χ2v) is 30.3. The van der Waals surface area contributed by atoms with Crippen molar-refractivity contribution >= 4 is 43.2 Å². The van der Waals surface area contributed by atoms with Crippen molar-refractivity contribution in [1.82, 2.24) is 24.4 Å². The summed E-state index contributed by atoms with van der Waals surface area (Å²) in [6, 6.07) is 11.6.